The van der Waals surface area contributed by atoms with E-state index in [2.05, 4.69) is 11.1 Å². The third-order valence-electron chi connectivity index (χ3n) is 2.88. The van der Waals surface area contributed by atoms with Crippen molar-refractivity contribution in [3.63, 3.8) is 0 Å². The Bertz CT molecular complexity index is 482. The molecule has 1 heterocycles. The average Bonchev–Trinajstić information content (AvgIpc) is 2.66. The molecule has 17 heavy (non-hydrogen) atoms. The van der Waals surface area contributed by atoms with Gasteiger partial charge in [-0.2, -0.15) is 5.26 Å². The van der Waals surface area contributed by atoms with E-state index in [4.69, 9.17) is 4.74 Å². The number of hydrogen-bond acceptors (Lipinski definition) is 4. The van der Waals surface area contributed by atoms with Gasteiger partial charge in [0.05, 0.1) is 12.2 Å². The fraction of sp³-hybridized carbons (Fsp3) is 0.538. The summed E-state index contributed by atoms with van der Waals surface area (Å²) in [7, 11) is 0. The molecule has 0 aromatic carbocycles. The van der Waals surface area contributed by atoms with Gasteiger partial charge in [0.1, 0.15) is 11.1 Å². The minimum Gasteiger partial charge on any atom is -0.481 e. The zero-order valence-corrected chi connectivity index (χ0v) is 11.1. The highest BCUT2D eigenvalue weighted by Crippen LogP contribution is 2.39. The van der Waals surface area contributed by atoms with Crippen LogP contribution in [0.2, 0.25) is 0 Å². The summed E-state index contributed by atoms with van der Waals surface area (Å²) in [6.07, 6.45) is 4.54. The molecule has 0 saturated carbocycles. The molecule has 0 spiro atoms. The standard InChI is InChI=1S/C13H16N2OS/c1-3-16-9(2)15-13-11(8-14)10-6-4-5-7-12(10)17-13/h3-7H2,1-2H3/b15-9+. The summed E-state index contributed by atoms with van der Waals surface area (Å²) < 4.78 is 5.32. The maximum atomic E-state index is 9.25. The summed E-state index contributed by atoms with van der Waals surface area (Å²) in [5.74, 6) is 0.641. The van der Waals surface area contributed by atoms with Crippen molar-refractivity contribution in [2.75, 3.05) is 6.61 Å². The lowest BCUT2D eigenvalue weighted by atomic mass is 9.96. The summed E-state index contributed by atoms with van der Waals surface area (Å²) in [6, 6.07) is 2.30. The largest absolute Gasteiger partial charge is 0.481 e. The van der Waals surface area contributed by atoms with E-state index >= 15 is 0 Å². The smallest absolute Gasteiger partial charge is 0.185 e. The van der Waals surface area contributed by atoms with Crippen LogP contribution in [0.4, 0.5) is 5.00 Å². The van der Waals surface area contributed by atoms with Crippen LogP contribution in [0, 0.1) is 11.3 Å². The monoisotopic (exact) mass is 248 g/mol. The molecule has 1 aromatic rings. The first-order chi connectivity index (χ1) is 8.26. The first-order valence-corrected chi connectivity index (χ1v) is 6.80. The van der Waals surface area contributed by atoms with E-state index in [1.54, 1.807) is 11.3 Å². The lowest BCUT2D eigenvalue weighted by Crippen LogP contribution is -1.99. The predicted octanol–water partition coefficient (Wildman–Crippen LogP) is 3.58. The molecule has 0 amide bonds. The van der Waals surface area contributed by atoms with Crippen LogP contribution < -0.4 is 0 Å². The van der Waals surface area contributed by atoms with Gasteiger partial charge in [0.15, 0.2) is 5.90 Å². The second-order valence-electron chi connectivity index (χ2n) is 4.07. The van der Waals surface area contributed by atoms with Crippen molar-refractivity contribution in [1.29, 1.82) is 5.26 Å². The van der Waals surface area contributed by atoms with Gasteiger partial charge in [-0.3, -0.25) is 0 Å². The molecule has 0 radical (unpaired) electrons. The van der Waals surface area contributed by atoms with Crippen molar-refractivity contribution < 1.29 is 4.74 Å². The number of hydrogen-bond donors (Lipinski definition) is 0. The second kappa shape index (κ2) is 5.33. The molecule has 2 rings (SSSR count). The van der Waals surface area contributed by atoms with Crippen molar-refractivity contribution in [2.24, 2.45) is 4.99 Å². The molecular formula is C13H16N2OS. The SMILES string of the molecule is CCO/C(C)=N/c1sc2c(c1C#N)CCCC2. The van der Waals surface area contributed by atoms with E-state index in [1.165, 1.54) is 23.3 Å². The Morgan fingerprint density at radius 2 is 2.24 bits per heavy atom. The van der Waals surface area contributed by atoms with Crippen molar-refractivity contribution in [3.05, 3.63) is 16.0 Å². The van der Waals surface area contributed by atoms with Gasteiger partial charge in [-0.05, 0) is 38.2 Å². The minimum absolute atomic E-state index is 0.613. The quantitative estimate of drug-likeness (QED) is 0.593. The third-order valence-corrected chi connectivity index (χ3v) is 4.06. The number of nitrogens with zero attached hydrogens (tertiary/aromatic N) is 2. The van der Waals surface area contributed by atoms with Crippen molar-refractivity contribution in [2.45, 2.75) is 39.5 Å². The fourth-order valence-corrected chi connectivity index (χ4v) is 3.38. The Balaban J connectivity index is 2.38. The highest BCUT2D eigenvalue weighted by atomic mass is 32.1. The maximum absolute atomic E-state index is 9.25. The summed E-state index contributed by atoms with van der Waals surface area (Å²) >= 11 is 1.65. The molecule has 0 atom stereocenters. The lowest BCUT2D eigenvalue weighted by Gasteiger charge is -2.09. The Kier molecular flexibility index (Phi) is 3.80. The number of fused-ring (bicyclic) bond motifs is 1. The number of rotatable bonds is 2. The topological polar surface area (TPSA) is 45.4 Å². The molecule has 0 fully saturated rings. The first-order valence-electron chi connectivity index (χ1n) is 5.99. The van der Waals surface area contributed by atoms with Crippen LogP contribution in [-0.2, 0) is 17.6 Å². The van der Waals surface area contributed by atoms with Gasteiger partial charge in [-0.1, -0.05) is 0 Å². The molecule has 1 aliphatic rings. The molecule has 0 unspecified atom stereocenters. The molecule has 90 valence electrons. The fourth-order valence-electron chi connectivity index (χ4n) is 2.13. The summed E-state index contributed by atoms with van der Waals surface area (Å²) in [6.45, 7) is 4.38. The van der Waals surface area contributed by atoms with Crippen LogP contribution in [0.3, 0.4) is 0 Å². The number of ether oxygens (including phenoxy) is 1. The number of aliphatic imine (C=N–C) groups is 1. The van der Waals surface area contributed by atoms with Crippen LogP contribution in [0.5, 0.6) is 0 Å². The highest BCUT2D eigenvalue weighted by Gasteiger charge is 2.20. The average molecular weight is 248 g/mol. The van der Waals surface area contributed by atoms with Gasteiger partial charge < -0.3 is 4.74 Å². The zero-order chi connectivity index (χ0) is 12.3. The van der Waals surface area contributed by atoms with Crippen LogP contribution in [0.1, 0.15) is 42.7 Å². The molecule has 3 nitrogen and oxygen atoms in total. The van der Waals surface area contributed by atoms with E-state index in [-0.39, 0.29) is 0 Å². The zero-order valence-electron chi connectivity index (χ0n) is 10.2. The summed E-state index contributed by atoms with van der Waals surface area (Å²) in [4.78, 5) is 5.76. The van der Waals surface area contributed by atoms with Crippen LogP contribution >= 0.6 is 11.3 Å². The predicted molar refractivity (Wildman–Crippen MR) is 70.1 cm³/mol. The third kappa shape index (κ3) is 2.50. The van der Waals surface area contributed by atoms with Gasteiger partial charge in [0.25, 0.3) is 0 Å². The number of thiophene rings is 1. The Morgan fingerprint density at radius 1 is 1.47 bits per heavy atom. The molecule has 0 bridgehead atoms. The van der Waals surface area contributed by atoms with Crippen molar-refractivity contribution in [3.8, 4) is 6.07 Å². The van der Waals surface area contributed by atoms with Crippen LogP contribution in [0.15, 0.2) is 4.99 Å². The molecule has 0 N–H and O–H groups in total. The van der Waals surface area contributed by atoms with Crippen molar-refractivity contribution in [1.82, 2.24) is 0 Å². The van der Waals surface area contributed by atoms with Crippen LogP contribution in [0.25, 0.3) is 0 Å². The lowest BCUT2D eigenvalue weighted by molar-refractivity contribution is 0.325. The normalized spacial score (nSPS) is 15.2. The van der Waals surface area contributed by atoms with Crippen LogP contribution in [-0.4, -0.2) is 12.5 Å². The van der Waals surface area contributed by atoms with E-state index < -0.39 is 0 Å². The summed E-state index contributed by atoms with van der Waals surface area (Å²) in [5, 5.41) is 10.1. The molecule has 1 aliphatic carbocycles. The van der Waals surface area contributed by atoms with Gasteiger partial charge in [0, 0.05) is 11.8 Å². The van der Waals surface area contributed by atoms with Gasteiger partial charge in [-0.15, -0.1) is 11.3 Å². The van der Waals surface area contributed by atoms with Gasteiger partial charge in [0.2, 0.25) is 0 Å². The number of aryl methyl sites for hydroxylation is 1. The van der Waals surface area contributed by atoms with Gasteiger partial charge in [-0.25, -0.2) is 4.99 Å². The first kappa shape index (κ1) is 12.1. The molecule has 0 saturated heterocycles. The Hall–Kier alpha value is -1.34. The molecule has 1 aromatic heterocycles. The van der Waals surface area contributed by atoms with E-state index in [0.717, 1.165) is 23.4 Å². The molecule has 4 heteroatoms. The molecular weight excluding hydrogens is 232 g/mol. The molecule has 0 aliphatic heterocycles. The Labute approximate surface area is 106 Å². The van der Waals surface area contributed by atoms with E-state index in [0.29, 0.717) is 12.5 Å². The highest BCUT2D eigenvalue weighted by molar-refractivity contribution is 7.16. The second-order valence-corrected chi connectivity index (χ2v) is 5.15. The van der Waals surface area contributed by atoms with E-state index in [1.807, 2.05) is 13.8 Å². The summed E-state index contributed by atoms with van der Waals surface area (Å²) in [5.41, 5.74) is 2.00. The Morgan fingerprint density at radius 3 is 2.94 bits per heavy atom. The number of nitriles is 1. The van der Waals surface area contributed by atoms with Gasteiger partial charge >= 0.3 is 0 Å². The maximum Gasteiger partial charge on any atom is 0.185 e. The minimum atomic E-state index is 0.613. The van der Waals surface area contributed by atoms with Crippen molar-refractivity contribution >= 4 is 22.2 Å². The van der Waals surface area contributed by atoms with E-state index in [9.17, 15) is 5.26 Å².